The molecule has 0 aliphatic heterocycles. The minimum Gasteiger partial charge on any atom is -0.347 e. The summed E-state index contributed by atoms with van der Waals surface area (Å²) in [6.07, 6.45) is 3.27. The minimum absolute atomic E-state index is 0.0741. The second kappa shape index (κ2) is 5.17. The third-order valence-electron chi connectivity index (χ3n) is 1.39. The number of hydrogen-bond acceptors (Lipinski definition) is 2. The van der Waals surface area contributed by atoms with Crippen LogP contribution in [0.2, 0.25) is 0 Å². The molecule has 3 N–H and O–H groups in total. The van der Waals surface area contributed by atoms with Crippen LogP contribution in [0.15, 0.2) is 25.3 Å². The maximum Gasteiger partial charge on any atom is 0.181 e. The third-order valence-corrected chi connectivity index (χ3v) is 1.39. The van der Waals surface area contributed by atoms with Crippen LogP contribution in [-0.4, -0.2) is 29.7 Å². The van der Waals surface area contributed by atoms with Gasteiger partial charge in [-0.3, -0.25) is 4.90 Å². The summed E-state index contributed by atoms with van der Waals surface area (Å²) in [5.41, 5.74) is 0. The molecule has 0 radical (unpaired) electrons. The molecule has 0 bridgehead atoms. The van der Waals surface area contributed by atoms with Crippen LogP contribution in [0, 0.1) is 0 Å². The monoisotopic (exact) mass is 144 g/mol. The SMILES string of the molecule is C=CC(C=C)[NH+](CO)CO. The van der Waals surface area contributed by atoms with Gasteiger partial charge in [0, 0.05) is 0 Å². The van der Waals surface area contributed by atoms with E-state index in [1.54, 1.807) is 12.2 Å². The second-order valence-electron chi connectivity index (χ2n) is 1.97. The standard InChI is InChI=1S/C7H13NO2/c1-3-7(4-2)8(5-9)6-10/h3-4,7,9-10H,1-2,5-6H2/p+1. The van der Waals surface area contributed by atoms with E-state index >= 15 is 0 Å². The highest BCUT2D eigenvalue weighted by Gasteiger charge is 2.11. The fourth-order valence-corrected chi connectivity index (χ4v) is 0.690. The molecule has 0 aromatic rings. The van der Waals surface area contributed by atoms with Gasteiger partial charge < -0.3 is 10.2 Å². The number of rotatable bonds is 5. The molecule has 0 aromatic heterocycles. The van der Waals surface area contributed by atoms with Crippen LogP contribution in [0.25, 0.3) is 0 Å². The predicted molar refractivity (Wildman–Crippen MR) is 39.3 cm³/mol. The summed E-state index contributed by atoms with van der Waals surface area (Å²) < 4.78 is 0. The topological polar surface area (TPSA) is 44.9 Å². The van der Waals surface area contributed by atoms with Crippen molar-refractivity contribution >= 4 is 0 Å². The molecule has 3 nitrogen and oxygen atoms in total. The highest BCUT2D eigenvalue weighted by molar-refractivity contribution is 4.91. The van der Waals surface area contributed by atoms with E-state index in [4.69, 9.17) is 10.2 Å². The van der Waals surface area contributed by atoms with E-state index in [1.165, 1.54) is 0 Å². The summed E-state index contributed by atoms with van der Waals surface area (Å²) in [5, 5.41) is 17.3. The maximum atomic E-state index is 8.67. The van der Waals surface area contributed by atoms with E-state index in [0.717, 1.165) is 0 Å². The van der Waals surface area contributed by atoms with Crippen LogP contribution in [0.4, 0.5) is 0 Å². The van der Waals surface area contributed by atoms with E-state index in [2.05, 4.69) is 13.2 Å². The third kappa shape index (κ3) is 2.31. The summed E-state index contributed by atoms with van der Waals surface area (Å²) in [4.78, 5) is 0.630. The van der Waals surface area contributed by atoms with Gasteiger partial charge in [-0.05, 0) is 12.2 Å². The molecule has 3 heteroatoms. The Morgan fingerprint density at radius 3 is 1.70 bits per heavy atom. The fourth-order valence-electron chi connectivity index (χ4n) is 0.690. The Labute approximate surface area is 60.9 Å². The quantitative estimate of drug-likeness (QED) is 0.325. The van der Waals surface area contributed by atoms with Crippen molar-refractivity contribution in [3.63, 3.8) is 0 Å². The molecule has 0 aliphatic carbocycles. The lowest BCUT2D eigenvalue weighted by molar-refractivity contribution is -0.947. The lowest BCUT2D eigenvalue weighted by Gasteiger charge is -2.18. The van der Waals surface area contributed by atoms with Gasteiger partial charge in [0.2, 0.25) is 0 Å². The Kier molecular flexibility index (Phi) is 4.84. The van der Waals surface area contributed by atoms with Gasteiger partial charge in [0.05, 0.1) is 0 Å². The van der Waals surface area contributed by atoms with Crippen molar-refractivity contribution < 1.29 is 15.1 Å². The van der Waals surface area contributed by atoms with Crippen molar-refractivity contribution in [2.75, 3.05) is 13.5 Å². The Hall–Kier alpha value is -0.640. The smallest absolute Gasteiger partial charge is 0.181 e. The van der Waals surface area contributed by atoms with Crippen LogP contribution in [0.3, 0.4) is 0 Å². The van der Waals surface area contributed by atoms with Gasteiger partial charge in [-0.15, -0.1) is 0 Å². The molecule has 58 valence electrons. The van der Waals surface area contributed by atoms with Crippen LogP contribution in [-0.2, 0) is 0 Å². The number of aliphatic hydroxyl groups is 2. The first kappa shape index (κ1) is 9.36. The lowest BCUT2D eigenvalue weighted by atomic mass is 10.3. The Morgan fingerprint density at radius 1 is 1.20 bits per heavy atom. The first-order chi connectivity index (χ1) is 4.79. The molecule has 0 saturated heterocycles. The molecule has 0 fully saturated rings. The van der Waals surface area contributed by atoms with Crippen LogP contribution in [0.1, 0.15) is 0 Å². The maximum absolute atomic E-state index is 8.67. The summed E-state index contributed by atoms with van der Waals surface area (Å²) >= 11 is 0. The number of nitrogens with one attached hydrogen (secondary N) is 1. The number of hydrogen-bond donors (Lipinski definition) is 3. The predicted octanol–water partition coefficient (Wildman–Crippen LogP) is -1.49. The van der Waals surface area contributed by atoms with Crippen molar-refractivity contribution in [3.8, 4) is 0 Å². The second-order valence-corrected chi connectivity index (χ2v) is 1.97. The Morgan fingerprint density at radius 2 is 1.60 bits per heavy atom. The highest BCUT2D eigenvalue weighted by atomic mass is 16.3. The molecule has 0 amide bonds. The van der Waals surface area contributed by atoms with E-state index in [-0.39, 0.29) is 19.5 Å². The van der Waals surface area contributed by atoms with Gasteiger partial charge in [0.25, 0.3) is 0 Å². The average Bonchev–Trinajstić information content (AvgIpc) is 2.00. The van der Waals surface area contributed by atoms with Gasteiger partial charge in [0.1, 0.15) is 6.04 Å². The molecule has 0 saturated carbocycles. The van der Waals surface area contributed by atoms with Crippen LogP contribution in [0.5, 0.6) is 0 Å². The van der Waals surface area contributed by atoms with Crippen molar-refractivity contribution in [2.45, 2.75) is 6.04 Å². The van der Waals surface area contributed by atoms with Crippen molar-refractivity contribution in [1.82, 2.24) is 0 Å². The normalized spacial score (nSPS) is 10.4. The van der Waals surface area contributed by atoms with Gasteiger partial charge >= 0.3 is 0 Å². The van der Waals surface area contributed by atoms with Gasteiger partial charge in [-0.2, -0.15) is 0 Å². The van der Waals surface area contributed by atoms with E-state index in [1.807, 2.05) is 0 Å². The van der Waals surface area contributed by atoms with Crippen molar-refractivity contribution in [2.24, 2.45) is 0 Å². The molecular formula is C7H14NO2+. The summed E-state index contributed by atoms with van der Waals surface area (Å²) in [5.74, 6) is 0. The van der Waals surface area contributed by atoms with Gasteiger partial charge in [-0.25, -0.2) is 0 Å². The molecule has 0 rings (SSSR count). The van der Waals surface area contributed by atoms with Gasteiger partial charge in [-0.1, -0.05) is 13.2 Å². The fraction of sp³-hybridized carbons (Fsp3) is 0.429. The minimum atomic E-state index is -0.112. The largest absolute Gasteiger partial charge is 0.347 e. The molecule has 0 unspecified atom stereocenters. The zero-order valence-electron chi connectivity index (χ0n) is 5.95. The number of quaternary nitrogens is 1. The molecule has 0 heterocycles. The first-order valence-electron chi connectivity index (χ1n) is 3.11. The Balaban J connectivity index is 3.93. The molecular weight excluding hydrogens is 130 g/mol. The zero-order chi connectivity index (χ0) is 7.98. The molecule has 0 atom stereocenters. The van der Waals surface area contributed by atoms with Crippen LogP contribution < -0.4 is 4.90 Å². The molecule has 0 aliphatic rings. The summed E-state index contributed by atoms with van der Waals surface area (Å²) in [6, 6.07) is -0.0741. The molecule has 10 heavy (non-hydrogen) atoms. The van der Waals surface area contributed by atoms with E-state index < -0.39 is 0 Å². The lowest BCUT2D eigenvalue weighted by Crippen LogP contribution is -3.15. The highest BCUT2D eigenvalue weighted by Crippen LogP contribution is 1.77. The molecule has 0 spiro atoms. The summed E-state index contributed by atoms with van der Waals surface area (Å²) in [6.45, 7) is 6.84. The van der Waals surface area contributed by atoms with Crippen LogP contribution >= 0.6 is 0 Å². The van der Waals surface area contributed by atoms with Crippen molar-refractivity contribution in [1.29, 1.82) is 0 Å². The Bertz CT molecular complexity index is 102. The van der Waals surface area contributed by atoms with Crippen molar-refractivity contribution in [3.05, 3.63) is 25.3 Å². The van der Waals surface area contributed by atoms with E-state index in [0.29, 0.717) is 4.90 Å². The number of aliphatic hydroxyl groups excluding tert-OH is 2. The average molecular weight is 144 g/mol. The summed E-state index contributed by atoms with van der Waals surface area (Å²) in [7, 11) is 0. The molecule has 0 aromatic carbocycles. The zero-order valence-corrected chi connectivity index (χ0v) is 5.95. The van der Waals surface area contributed by atoms with Gasteiger partial charge in [0.15, 0.2) is 13.5 Å². The van der Waals surface area contributed by atoms with E-state index in [9.17, 15) is 0 Å². The first-order valence-corrected chi connectivity index (χ1v) is 3.11.